The minimum Gasteiger partial charge on any atom is -0.494 e. The van der Waals surface area contributed by atoms with Crippen LogP contribution in [0, 0.1) is 5.82 Å². The van der Waals surface area contributed by atoms with E-state index in [1.165, 1.54) is 24.1 Å². The first-order valence-electron chi connectivity index (χ1n) is 7.55. The molecule has 0 spiro atoms. The number of halogens is 1. The van der Waals surface area contributed by atoms with Gasteiger partial charge in [-0.15, -0.1) is 0 Å². The quantitative estimate of drug-likeness (QED) is 0.618. The van der Waals surface area contributed by atoms with Gasteiger partial charge in [0.1, 0.15) is 6.54 Å². The van der Waals surface area contributed by atoms with E-state index in [-0.39, 0.29) is 17.9 Å². The Morgan fingerprint density at radius 3 is 2.52 bits per heavy atom. The monoisotopic (exact) mass is 342 g/mol. The maximum absolute atomic E-state index is 13.7. The van der Waals surface area contributed by atoms with Crippen molar-refractivity contribution < 1.29 is 23.5 Å². The number of hydrogen-bond acceptors (Lipinski definition) is 4. The van der Waals surface area contributed by atoms with Crippen molar-refractivity contribution in [1.29, 1.82) is 0 Å². The van der Waals surface area contributed by atoms with Crippen molar-refractivity contribution in [2.24, 2.45) is 0 Å². The van der Waals surface area contributed by atoms with Gasteiger partial charge in [-0.1, -0.05) is 18.2 Å². The highest BCUT2D eigenvalue weighted by Gasteiger charge is 2.38. The molecule has 2 aromatic carbocycles. The summed E-state index contributed by atoms with van der Waals surface area (Å²) in [5, 5.41) is 0. The number of nitrogens with zero attached hydrogens (tertiary/aromatic N) is 2. The Labute approximate surface area is 143 Å². The summed E-state index contributed by atoms with van der Waals surface area (Å²) in [5.74, 6) is -1.67. The van der Waals surface area contributed by atoms with Gasteiger partial charge in [0.05, 0.1) is 13.7 Å². The van der Waals surface area contributed by atoms with Gasteiger partial charge in [0, 0.05) is 11.3 Å². The molecule has 7 heteroatoms. The van der Waals surface area contributed by atoms with Crippen LogP contribution in [0.3, 0.4) is 0 Å². The number of benzene rings is 2. The highest BCUT2D eigenvalue weighted by atomic mass is 19.1. The average molecular weight is 342 g/mol. The van der Waals surface area contributed by atoms with Gasteiger partial charge in [-0.05, 0) is 30.3 Å². The SMILES string of the molecule is COc1ccc(C(=O)CN2C(=O)CN(c3ccccc3)C2=O)cc1F. The number of Topliss-reactive ketones (excluding diaryl/α,β-unsaturated/α-hetero) is 1. The van der Waals surface area contributed by atoms with Crippen molar-refractivity contribution in [3.8, 4) is 5.75 Å². The van der Waals surface area contributed by atoms with Crippen molar-refractivity contribution in [2.45, 2.75) is 0 Å². The van der Waals surface area contributed by atoms with Crippen LogP contribution in [-0.2, 0) is 4.79 Å². The molecule has 0 radical (unpaired) electrons. The topological polar surface area (TPSA) is 66.9 Å². The van der Waals surface area contributed by atoms with Crippen molar-refractivity contribution in [3.63, 3.8) is 0 Å². The van der Waals surface area contributed by atoms with Crippen LogP contribution in [0.5, 0.6) is 5.75 Å². The van der Waals surface area contributed by atoms with Crippen LogP contribution in [0.15, 0.2) is 48.5 Å². The number of ketones is 1. The van der Waals surface area contributed by atoms with Gasteiger partial charge < -0.3 is 4.74 Å². The molecule has 0 aromatic heterocycles. The molecule has 3 amide bonds. The number of rotatable bonds is 5. The summed E-state index contributed by atoms with van der Waals surface area (Å²) in [6.07, 6.45) is 0. The highest BCUT2D eigenvalue weighted by Crippen LogP contribution is 2.22. The van der Waals surface area contributed by atoms with E-state index in [0.29, 0.717) is 5.69 Å². The van der Waals surface area contributed by atoms with E-state index in [1.807, 2.05) is 0 Å². The van der Waals surface area contributed by atoms with Crippen LogP contribution in [0.2, 0.25) is 0 Å². The van der Waals surface area contributed by atoms with E-state index >= 15 is 0 Å². The fraction of sp³-hybridized carbons (Fsp3) is 0.167. The van der Waals surface area contributed by atoms with Crippen LogP contribution >= 0.6 is 0 Å². The standard InChI is InChI=1S/C18H15FN2O4/c1-25-16-8-7-12(9-14(16)19)15(22)10-21-17(23)11-20(18(21)24)13-5-3-2-4-6-13/h2-9H,10-11H2,1H3. The number of carbonyl (C=O) groups is 3. The third-order valence-electron chi connectivity index (χ3n) is 3.90. The van der Waals surface area contributed by atoms with Gasteiger partial charge in [0.25, 0.3) is 5.91 Å². The van der Waals surface area contributed by atoms with Crippen molar-refractivity contribution in [3.05, 3.63) is 59.9 Å². The van der Waals surface area contributed by atoms with E-state index in [2.05, 4.69) is 0 Å². The number of methoxy groups -OCH3 is 1. The molecule has 0 atom stereocenters. The maximum atomic E-state index is 13.7. The molecule has 1 aliphatic heterocycles. The third-order valence-corrected chi connectivity index (χ3v) is 3.90. The van der Waals surface area contributed by atoms with Crippen LogP contribution in [0.4, 0.5) is 14.9 Å². The fourth-order valence-corrected chi connectivity index (χ4v) is 2.58. The molecule has 2 aromatic rings. The molecule has 1 aliphatic rings. The lowest BCUT2D eigenvalue weighted by atomic mass is 10.1. The second kappa shape index (κ2) is 6.72. The largest absolute Gasteiger partial charge is 0.494 e. The number of ether oxygens (including phenoxy) is 1. The molecule has 0 saturated carbocycles. The number of urea groups is 1. The molecular formula is C18H15FN2O4. The Morgan fingerprint density at radius 2 is 1.88 bits per heavy atom. The van der Waals surface area contributed by atoms with Crippen molar-refractivity contribution in [2.75, 3.05) is 25.1 Å². The third kappa shape index (κ3) is 3.21. The summed E-state index contributed by atoms with van der Waals surface area (Å²) in [6, 6.07) is 11.9. The summed E-state index contributed by atoms with van der Waals surface area (Å²) in [4.78, 5) is 39.0. The molecule has 128 valence electrons. The van der Waals surface area contributed by atoms with Gasteiger partial charge in [-0.25, -0.2) is 9.18 Å². The number of para-hydroxylation sites is 1. The van der Waals surface area contributed by atoms with Gasteiger partial charge in [0.2, 0.25) is 0 Å². The normalized spacial score (nSPS) is 14.2. The smallest absolute Gasteiger partial charge is 0.332 e. The first kappa shape index (κ1) is 16.6. The van der Waals surface area contributed by atoms with E-state index < -0.39 is 30.1 Å². The molecular weight excluding hydrogens is 327 g/mol. The molecule has 6 nitrogen and oxygen atoms in total. The summed E-state index contributed by atoms with van der Waals surface area (Å²) in [5.41, 5.74) is 0.642. The molecule has 3 rings (SSSR count). The predicted octanol–water partition coefficient (Wildman–Crippen LogP) is 2.49. The Bertz CT molecular complexity index is 838. The van der Waals surface area contributed by atoms with Crippen LogP contribution in [0.1, 0.15) is 10.4 Å². The zero-order chi connectivity index (χ0) is 18.0. The van der Waals surface area contributed by atoms with Crippen LogP contribution in [-0.4, -0.2) is 42.8 Å². The van der Waals surface area contributed by atoms with Crippen LogP contribution in [0.25, 0.3) is 0 Å². The summed E-state index contributed by atoms with van der Waals surface area (Å²) in [6.45, 7) is -0.570. The summed E-state index contributed by atoms with van der Waals surface area (Å²) < 4.78 is 18.5. The van der Waals surface area contributed by atoms with Crippen molar-refractivity contribution in [1.82, 2.24) is 4.90 Å². The first-order valence-corrected chi connectivity index (χ1v) is 7.55. The van der Waals surface area contributed by atoms with Gasteiger partial charge in [-0.3, -0.25) is 19.4 Å². The lowest BCUT2D eigenvalue weighted by molar-refractivity contribution is -0.124. The molecule has 0 unspecified atom stereocenters. The highest BCUT2D eigenvalue weighted by molar-refractivity contribution is 6.15. The average Bonchev–Trinajstić information content (AvgIpc) is 2.90. The number of carbonyl (C=O) groups excluding carboxylic acids is 3. The van der Waals surface area contributed by atoms with Crippen molar-refractivity contribution >= 4 is 23.4 Å². The summed E-state index contributed by atoms with van der Waals surface area (Å²) in [7, 11) is 1.32. The number of amides is 3. The number of hydrogen-bond donors (Lipinski definition) is 0. The molecule has 0 N–H and O–H groups in total. The Kier molecular flexibility index (Phi) is 4.47. The first-order chi connectivity index (χ1) is 12.0. The van der Waals surface area contributed by atoms with Gasteiger partial charge in [0.15, 0.2) is 17.3 Å². The van der Waals surface area contributed by atoms with E-state index in [4.69, 9.17) is 4.74 Å². The predicted molar refractivity (Wildman–Crippen MR) is 88.2 cm³/mol. The second-order valence-electron chi connectivity index (χ2n) is 5.46. The van der Waals surface area contributed by atoms with Crippen LogP contribution < -0.4 is 9.64 Å². The zero-order valence-corrected chi connectivity index (χ0v) is 13.4. The summed E-state index contributed by atoms with van der Waals surface area (Å²) >= 11 is 0. The van der Waals surface area contributed by atoms with Gasteiger partial charge in [-0.2, -0.15) is 0 Å². The minimum absolute atomic E-state index is 0.0140. The number of anilines is 1. The van der Waals surface area contributed by atoms with Gasteiger partial charge >= 0.3 is 6.03 Å². The zero-order valence-electron chi connectivity index (χ0n) is 13.4. The molecule has 0 bridgehead atoms. The lowest BCUT2D eigenvalue weighted by Gasteiger charge is -2.16. The van der Waals surface area contributed by atoms with E-state index in [9.17, 15) is 18.8 Å². The fourth-order valence-electron chi connectivity index (χ4n) is 2.58. The van der Waals surface area contributed by atoms with E-state index in [1.54, 1.807) is 30.3 Å². The maximum Gasteiger partial charge on any atom is 0.332 e. The Balaban J connectivity index is 1.76. The molecule has 1 heterocycles. The number of imide groups is 1. The molecule has 1 fully saturated rings. The molecule has 25 heavy (non-hydrogen) atoms. The minimum atomic E-state index is -0.682. The van der Waals surface area contributed by atoms with E-state index in [0.717, 1.165) is 11.0 Å². The Morgan fingerprint density at radius 1 is 1.16 bits per heavy atom. The lowest BCUT2D eigenvalue weighted by Crippen LogP contribution is -2.37. The second-order valence-corrected chi connectivity index (χ2v) is 5.46. The Hall–Kier alpha value is -3.22. The molecule has 1 saturated heterocycles. The molecule has 0 aliphatic carbocycles.